The smallest absolute Gasteiger partial charge is 0.309 e. The van der Waals surface area contributed by atoms with Gasteiger partial charge in [-0.1, -0.05) is 59.3 Å². The molecule has 0 bridgehead atoms. The molecule has 2 nitrogen and oxygen atoms in total. The molecule has 0 aromatic rings. The average molecular weight is 405 g/mol. The van der Waals surface area contributed by atoms with Crippen LogP contribution in [0.3, 0.4) is 0 Å². The fourth-order valence-electron chi connectivity index (χ4n) is 6.98. The van der Waals surface area contributed by atoms with Gasteiger partial charge in [-0.15, -0.1) is 0 Å². The fourth-order valence-corrected chi connectivity index (χ4v) is 6.98. The van der Waals surface area contributed by atoms with Crippen molar-refractivity contribution >= 4 is 5.97 Å². The van der Waals surface area contributed by atoms with Crippen molar-refractivity contribution in [1.82, 2.24) is 0 Å². The summed E-state index contributed by atoms with van der Waals surface area (Å²) in [5, 5.41) is 0. The van der Waals surface area contributed by atoms with Crippen LogP contribution in [-0.4, -0.2) is 12.1 Å². The first-order chi connectivity index (χ1) is 14.1. The van der Waals surface area contributed by atoms with Gasteiger partial charge in [0.15, 0.2) is 0 Å². The molecule has 3 atom stereocenters. The van der Waals surface area contributed by atoms with Crippen molar-refractivity contribution in [3.05, 3.63) is 0 Å². The van der Waals surface area contributed by atoms with Gasteiger partial charge in [-0.3, -0.25) is 4.79 Å². The van der Waals surface area contributed by atoms with Gasteiger partial charge < -0.3 is 4.74 Å². The number of unbranched alkanes of at least 4 members (excludes halogenated alkanes) is 1. The second kappa shape index (κ2) is 11.8. The summed E-state index contributed by atoms with van der Waals surface area (Å²) in [5.74, 6) is 4.86. The summed E-state index contributed by atoms with van der Waals surface area (Å²) >= 11 is 0. The van der Waals surface area contributed by atoms with Gasteiger partial charge in [0.25, 0.3) is 0 Å². The third kappa shape index (κ3) is 6.73. The van der Waals surface area contributed by atoms with Gasteiger partial charge in [-0.2, -0.15) is 0 Å². The fraction of sp³-hybridized carbons (Fsp3) is 0.963. The molecule has 0 aromatic carbocycles. The predicted octanol–water partition coefficient (Wildman–Crippen LogP) is 7.94. The Hall–Kier alpha value is -0.530. The van der Waals surface area contributed by atoms with Crippen LogP contribution in [0.1, 0.15) is 124 Å². The van der Waals surface area contributed by atoms with Crippen LogP contribution in [0.15, 0.2) is 0 Å². The lowest BCUT2D eigenvalue weighted by Crippen LogP contribution is -2.34. The molecular weight excluding hydrogens is 356 g/mol. The number of ether oxygens (including phenoxy) is 1. The summed E-state index contributed by atoms with van der Waals surface area (Å²) in [6, 6.07) is 0. The maximum absolute atomic E-state index is 12.7. The highest BCUT2D eigenvalue weighted by molar-refractivity contribution is 5.72. The molecule has 0 saturated heterocycles. The minimum atomic E-state index is 0.138. The molecule has 168 valence electrons. The van der Waals surface area contributed by atoms with Crippen LogP contribution in [0, 0.1) is 35.5 Å². The van der Waals surface area contributed by atoms with Crippen LogP contribution in [0.25, 0.3) is 0 Å². The van der Waals surface area contributed by atoms with Gasteiger partial charge in [-0.25, -0.2) is 0 Å². The van der Waals surface area contributed by atoms with E-state index in [4.69, 9.17) is 4.74 Å². The van der Waals surface area contributed by atoms with Crippen molar-refractivity contribution in [2.45, 2.75) is 130 Å². The summed E-state index contributed by atoms with van der Waals surface area (Å²) in [4.78, 5) is 12.7. The van der Waals surface area contributed by atoms with E-state index in [0.29, 0.717) is 0 Å². The third-order valence-electron chi connectivity index (χ3n) is 8.79. The molecule has 3 rings (SSSR count). The van der Waals surface area contributed by atoms with E-state index in [9.17, 15) is 4.79 Å². The van der Waals surface area contributed by atoms with E-state index >= 15 is 0 Å². The SMILES string of the molecule is CCCC[C@H]1CC[C@@H](C2CCC(C(=O)OC3CCC(CCC)CC3)CC2)[C@H](C)C1. The third-order valence-corrected chi connectivity index (χ3v) is 8.79. The van der Waals surface area contributed by atoms with E-state index in [1.807, 2.05) is 0 Å². The Balaban J connectivity index is 1.36. The summed E-state index contributed by atoms with van der Waals surface area (Å²) in [5.41, 5.74) is 0. The lowest BCUT2D eigenvalue weighted by Gasteiger charge is -2.41. The van der Waals surface area contributed by atoms with Crippen LogP contribution in [0.4, 0.5) is 0 Å². The van der Waals surface area contributed by atoms with Crippen LogP contribution in [0.5, 0.6) is 0 Å². The standard InChI is InChI=1S/C27H48O2/c1-4-6-8-22-11-18-26(20(3)19-22)23-12-14-24(15-13-23)27(28)29-25-16-9-21(7-5-2)10-17-25/h20-26H,4-19H2,1-3H3/t20-,21?,22+,23?,24?,25?,26-/m1/s1. The Morgan fingerprint density at radius 3 is 2.10 bits per heavy atom. The molecule has 0 spiro atoms. The summed E-state index contributed by atoms with van der Waals surface area (Å²) in [6.07, 6.45) is 20.8. The van der Waals surface area contributed by atoms with E-state index in [1.165, 1.54) is 77.0 Å². The molecule has 3 aliphatic rings. The molecule has 0 radical (unpaired) electrons. The number of carbonyl (C=O) groups is 1. The van der Waals surface area contributed by atoms with Gasteiger partial charge in [0, 0.05) is 0 Å². The molecule has 0 amide bonds. The molecule has 2 heteroatoms. The van der Waals surface area contributed by atoms with Gasteiger partial charge >= 0.3 is 5.97 Å². The minimum absolute atomic E-state index is 0.138. The number of rotatable bonds is 8. The minimum Gasteiger partial charge on any atom is -0.462 e. The Morgan fingerprint density at radius 2 is 1.48 bits per heavy atom. The van der Waals surface area contributed by atoms with Crippen molar-refractivity contribution < 1.29 is 9.53 Å². The largest absolute Gasteiger partial charge is 0.462 e. The molecule has 29 heavy (non-hydrogen) atoms. The highest BCUT2D eigenvalue weighted by Crippen LogP contribution is 2.45. The van der Waals surface area contributed by atoms with Crippen molar-refractivity contribution in [2.24, 2.45) is 35.5 Å². The van der Waals surface area contributed by atoms with Gasteiger partial charge in [0.2, 0.25) is 0 Å². The van der Waals surface area contributed by atoms with Gasteiger partial charge in [0.1, 0.15) is 6.10 Å². The van der Waals surface area contributed by atoms with Crippen molar-refractivity contribution in [2.75, 3.05) is 0 Å². The topological polar surface area (TPSA) is 26.3 Å². The predicted molar refractivity (Wildman–Crippen MR) is 122 cm³/mol. The van der Waals surface area contributed by atoms with E-state index in [2.05, 4.69) is 20.8 Å². The van der Waals surface area contributed by atoms with Gasteiger partial charge in [-0.05, 0) is 93.8 Å². The molecule has 0 unspecified atom stereocenters. The van der Waals surface area contributed by atoms with E-state index < -0.39 is 0 Å². The second-order valence-electron chi connectivity index (χ2n) is 10.9. The number of hydrogen-bond donors (Lipinski definition) is 0. The average Bonchev–Trinajstić information content (AvgIpc) is 2.74. The first kappa shape index (κ1) is 23.1. The van der Waals surface area contributed by atoms with Crippen molar-refractivity contribution in [1.29, 1.82) is 0 Å². The highest BCUT2D eigenvalue weighted by Gasteiger charge is 2.37. The first-order valence-electron chi connectivity index (χ1n) is 13.3. The van der Waals surface area contributed by atoms with E-state index in [0.717, 1.165) is 55.3 Å². The lowest BCUT2D eigenvalue weighted by molar-refractivity contribution is -0.157. The monoisotopic (exact) mass is 404 g/mol. The molecule has 0 aromatic heterocycles. The summed E-state index contributed by atoms with van der Waals surface area (Å²) in [7, 11) is 0. The van der Waals surface area contributed by atoms with Gasteiger partial charge in [0.05, 0.1) is 5.92 Å². The zero-order valence-electron chi connectivity index (χ0n) is 19.7. The quantitative estimate of drug-likeness (QED) is 0.384. The molecule has 3 fully saturated rings. The Bertz CT molecular complexity index is 471. The Labute approximate surface area is 180 Å². The number of hydrogen-bond acceptors (Lipinski definition) is 2. The molecule has 3 saturated carbocycles. The van der Waals surface area contributed by atoms with Crippen LogP contribution in [-0.2, 0) is 9.53 Å². The van der Waals surface area contributed by atoms with Crippen LogP contribution >= 0.6 is 0 Å². The first-order valence-corrected chi connectivity index (χ1v) is 13.3. The van der Waals surface area contributed by atoms with Crippen LogP contribution < -0.4 is 0 Å². The number of carbonyl (C=O) groups excluding carboxylic acids is 1. The maximum Gasteiger partial charge on any atom is 0.309 e. The van der Waals surface area contributed by atoms with E-state index in [1.54, 1.807) is 0 Å². The normalized spacial score (nSPS) is 38.5. The van der Waals surface area contributed by atoms with Crippen LogP contribution in [0.2, 0.25) is 0 Å². The van der Waals surface area contributed by atoms with Crippen molar-refractivity contribution in [3.8, 4) is 0 Å². The maximum atomic E-state index is 12.7. The zero-order valence-corrected chi connectivity index (χ0v) is 19.7. The zero-order chi connectivity index (χ0) is 20.6. The molecule has 0 heterocycles. The molecule has 0 N–H and O–H groups in total. The second-order valence-corrected chi connectivity index (χ2v) is 10.9. The molecular formula is C27H48O2. The molecule has 0 aliphatic heterocycles. The lowest BCUT2D eigenvalue weighted by atomic mass is 9.64. The van der Waals surface area contributed by atoms with Crippen molar-refractivity contribution in [3.63, 3.8) is 0 Å². The number of esters is 1. The Morgan fingerprint density at radius 1 is 0.793 bits per heavy atom. The Kier molecular flexibility index (Phi) is 9.38. The summed E-state index contributed by atoms with van der Waals surface area (Å²) < 4.78 is 5.97. The molecule has 3 aliphatic carbocycles. The summed E-state index contributed by atoms with van der Waals surface area (Å²) in [6.45, 7) is 7.11. The highest BCUT2D eigenvalue weighted by atomic mass is 16.5. The van der Waals surface area contributed by atoms with E-state index in [-0.39, 0.29) is 18.0 Å².